The summed E-state index contributed by atoms with van der Waals surface area (Å²) >= 11 is 6.30. The predicted molar refractivity (Wildman–Crippen MR) is 129 cm³/mol. The molecule has 1 fully saturated rings. The number of methoxy groups -OCH3 is 1. The van der Waals surface area contributed by atoms with Gasteiger partial charge in [-0.2, -0.15) is 0 Å². The molecule has 3 amide bonds. The van der Waals surface area contributed by atoms with E-state index in [0.717, 1.165) is 19.4 Å². The first-order valence-corrected chi connectivity index (χ1v) is 11.2. The highest BCUT2D eigenvalue weighted by Crippen LogP contribution is 2.35. The van der Waals surface area contributed by atoms with Gasteiger partial charge in [-0.15, -0.1) is 0 Å². The molecule has 1 atom stereocenters. The Kier molecular flexibility index (Phi) is 7.34. The molecule has 0 saturated carbocycles. The highest BCUT2D eigenvalue weighted by molar-refractivity contribution is 6.33. The van der Waals surface area contributed by atoms with Gasteiger partial charge in [0.25, 0.3) is 5.91 Å². The lowest BCUT2D eigenvalue weighted by Gasteiger charge is -2.15. The number of carbonyl (C=O) groups excluding carboxylic acids is 2. The number of fused-ring (bicyclic) bond motifs is 1. The zero-order valence-corrected chi connectivity index (χ0v) is 19.6. The van der Waals surface area contributed by atoms with Gasteiger partial charge in [-0.3, -0.25) is 9.78 Å². The van der Waals surface area contributed by atoms with E-state index >= 15 is 0 Å². The summed E-state index contributed by atoms with van der Waals surface area (Å²) < 4.78 is 17.1. The van der Waals surface area contributed by atoms with E-state index in [4.69, 9.17) is 25.8 Å². The lowest BCUT2D eigenvalue weighted by atomic mass is 10.1. The number of urea groups is 1. The van der Waals surface area contributed by atoms with Crippen LogP contribution in [0.2, 0.25) is 5.02 Å². The predicted octanol–water partition coefficient (Wildman–Crippen LogP) is 4.35. The van der Waals surface area contributed by atoms with Gasteiger partial charge < -0.3 is 30.2 Å². The van der Waals surface area contributed by atoms with Gasteiger partial charge in [-0.1, -0.05) is 11.6 Å². The van der Waals surface area contributed by atoms with E-state index in [1.54, 1.807) is 42.6 Å². The van der Waals surface area contributed by atoms with Crippen LogP contribution in [-0.4, -0.2) is 50.3 Å². The highest BCUT2D eigenvalue weighted by Gasteiger charge is 2.20. The van der Waals surface area contributed by atoms with Crippen LogP contribution in [0.3, 0.4) is 0 Å². The minimum atomic E-state index is -0.380. The molecule has 0 spiro atoms. The van der Waals surface area contributed by atoms with Crippen molar-refractivity contribution in [2.45, 2.75) is 18.9 Å². The fraction of sp³-hybridized carbons (Fsp3) is 0.292. The molecule has 1 aliphatic heterocycles. The molecule has 2 aromatic carbocycles. The zero-order chi connectivity index (χ0) is 24.1. The van der Waals surface area contributed by atoms with Gasteiger partial charge >= 0.3 is 6.03 Å². The second kappa shape index (κ2) is 10.6. The molecule has 0 aliphatic carbocycles. The Hall–Kier alpha value is -3.56. The van der Waals surface area contributed by atoms with Gasteiger partial charge in [0, 0.05) is 43.9 Å². The van der Waals surface area contributed by atoms with Crippen LogP contribution >= 0.6 is 11.6 Å². The summed E-state index contributed by atoms with van der Waals surface area (Å²) in [6, 6.07) is 9.64. The van der Waals surface area contributed by atoms with Crippen LogP contribution in [0.25, 0.3) is 10.9 Å². The van der Waals surface area contributed by atoms with Crippen LogP contribution in [0.5, 0.6) is 17.2 Å². The maximum absolute atomic E-state index is 12.9. The summed E-state index contributed by atoms with van der Waals surface area (Å²) in [7, 11) is 3.02. The second-order valence-corrected chi connectivity index (χ2v) is 8.08. The Morgan fingerprint density at radius 3 is 2.76 bits per heavy atom. The van der Waals surface area contributed by atoms with E-state index in [2.05, 4.69) is 20.9 Å². The fourth-order valence-electron chi connectivity index (χ4n) is 3.66. The normalized spacial score (nSPS) is 15.1. The van der Waals surface area contributed by atoms with E-state index in [1.165, 1.54) is 14.2 Å². The Bertz CT molecular complexity index is 1210. The third-order valence-electron chi connectivity index (χ3n) is 5.43. The van der Waals surface area contributed by atoms with E-state index < -0.39 is 0 Å². The van der Waals surface area contributed by atoms with Crippen LogP contribution in [-0.2, 0) is 4.74 Å². The average Bonchev–Trinajstić information content (AvgIpc) is 3.37. The van der Waals surface area contributed by atoms with Gasteiger partial charge in [0.15, 0.2) is 0 Å². The van der Waals surface area contributed by atoms with Crippen molar-refractivity contribution in [2.24, 2.45) is 0 Å². The topological polar surface area (TPSA) is 111 Å². The number of aromatic nitrogens is 1. The van der Waals surface area contributed by atoms with E-state index in [0.29, 0.717) is 51.0 Å². The number of hydrogen-bond donors (Lipinski definition) is 3. The number of anilines is 1. The smallest absolute Gasteiger partial charge is 0.319 e. The molecule has 0 radical (unpaired) electrons. The zero-order valence-electron chi connectivity index (χ0n) is 18.8. The lowest BCUT2D eigenvalue weighted by molar-refractivity contribution is 0.0855. The summed E-state index contributed by atoms with van der Waals surface area (Å²) in [6.07, 6.45) is 3.56. The maximum Gasteiger partial charge on any atom is 0.319 e. The molecule has 1 aliphatic rings. The third kappa shape index (κ3) is 5.32. The van der Waals surface area contributed by atoms with Crippen molar-refractivity contribution in [1.29, 1.82) is 0 Å². The average molecular weight is 485 g/mol. The Balaban J connectivity index is 1.60. The van der Waals surface area contributed by atoms with Crippen molar-refractivity contribution in [2.75, 3.05) is 32.6 Å². The van der Waals surface area contributed by atoms with Crippen LogP contribution in [0.1, 0.15) is 23.2 Å². The molecule has 4 rings (SSSR count). The molecule has 34 heavy (non-hydrogen) atoms. The maximum atomic E-state index is 12.9. The summed E-state index contributed by atoms with van der Waals surface area (Å²) in [6.45, 7) is 1.16. The highest BCUT2D eigenvalue weighted by atomic mass is 35.5. The molecule has 9 nitrogen and oxygen atoms in total. The summed E-state index contributed by atoms with van der Waals surface area (Å²) in [4.78, 5) is 28.9. The van der Waals surface area contributed by atoms with E-state index in [9.17, 15) is 9.59 Å². The van der Waals surface area contributed by atoms with Crippen LogP contribution in [0.15, 0.2) is 42.6 Å². The molecule has 2 heterocycles. The van der Waals surface area contributed by atoms with Crippen LogP contribution in [0, 0.1) is 0 Å². The third-order valence-corrected chi connectivity index (χ3v) is 5.74. The number of nitrogens with zero attached hydrogens (tertiary/aromatic N) is 1. The standard InChI is InChI=1S/C24H25ClN4O5/c1-26-24(31)29-19-6-5-14(10-18(19)25)34-21-7-8-27-20-12-22(32-2)17(11-16(20)21)23(30)28-13-15-4-3-9-33-15/h5-8,10-12,15H,3-4,9,13H2,1-2H3,(H,28,30)(H2,26,29,31). The number of nitrogens with one attached hydrogen (secondary N) is 3. The van der Waals surface area contributed by atoms with Crippen molar-refractivity contribution in [3.63, 3.8) is 0 Å². The molecular weight excluding hydrogens is 460 g/mol. The molecule has 1 saturated heterocycles. The van der Waals surface area contributed by atoms with Crippen molar-refractivity contribution in [3.8, 4) is 17.2 Å². The summed E-state index contributed by atoms with van der Waals surface area (Å²) in [5.74, 6) is 1.09. The van der Waals surface area contributed by atoms with E-state index in [1.807, 2.05) is 0 Å². The number of ether oxygens (including phenoxy) is 3. The molecule has 0 bridgehead atoms. The number of hydrogen-bond acceptors (Lipinski definition) is 6. The number of benzene rings is 2. The van der Waals surface area contributed by atoms with Crippen LogP contribution < -0.4 is 25.4 Å². The van der Waals surface area contributed by atoms with Gasteiger partial charge in [0.05, 0.1) is 35.0 Å². The van der Waals surface area contributed by atoms with Crippen molar-refractivity contribution in [3.05, 3.63) is 53.2 Å². The number of rotatable bonds is 7. The van der Waals surface area contributed by atoms with Crippen LogP contribution in [0.4, 0.5) is 10.5 Å². The number of carbonyl (C=O) groups is 2. The Morgan fingerprint density at radius 1 is 1.21 bits per heavy atom. The molecule has 3 aromatic rings. The summed E-state index contributed by atoms with van der Waals surface area (Å²) in [5.41, 5.74) is 1.42. The largest absolute Gasteiger partial charge is 0.496 e. The van der Waals surface area contributed by atoms with Gasteiger partial charge in [0.2, 0.25) is 0 Å². The minimum absolute atomic E-state index is 0.0292. The molecule has 1 unspecified atom stereocenters. The van der Waals surface area contributed by atoms with E-state index in [-0.39, 0.29) is 18.0 Å². The Labute approximate surface area is 201 Å². The SMILES string of the molecule is CNC(=O)Nc1ccc(Oc2ccnc3cc(OC)c(C(=O)NCC4CCCO4)cc23)cc1Cl. The Morgan fingerprint density at radius 2 is 2.06 bits per heavy atom. The quantitative estimate of drug-likeness (QED) is 0.460. The number of halogens is 1. The fourth-order valence-corrected chi connectivity index (χ4v) is 3.88. The van der Waals surface area contributed by atoms with Crippen molar-refractivity contribution < 1.29 is 23.8 Å². The molecule has 3 N–H and O–H groups in total. The first-order chi connectivity index (χ1) is 16.5. The molecule has 10 heteroatoms. The van der Waals surface area contributed by atoms with Crippen molar-refractivity contribution >= 4 is 40.1 Å². The van der Waals surface area contributed by atoms with Crippen molar-refractivity contribution in [1.82, 2.24) is 15.6 Å². The molecule has 1 aromatic heterocycles. The number of amides is 3. The monoisotopic (exact) mass is 484 g/mol. The molecule has 178 valence electrons. The van der Waals surface area contributed by atoms with Gasteiger partial charge in [-0.05, 0) is 37.1 Å². The lowest BCUT2D eigenvalue weighted by Crippen LogP contribution is -2.32. The number of pyridine rings is 1. The summed E-state index contributed by atoms with van der Waals surface area (Å²) in [5, 5.41) is 8.97. The minimum Gasteiger partial charge on any atom is -0.496 e. The first kappa shape index (κ1) is 23.6. The second-order valence-electron chi connectivity index (χ2n) is 7.67. The first-order valence-electron chi connectivity index (χ1n) is 10.8. The van der Waals surface area contributed by atoms with Gasteiger partial charge in [-0.25, -0.2) is 4.79 Å². The van der Waals surface area contributed by atoms with Gasteiger partial charge in [0.1, 0.15) is 17.2 Å². The molecular formula is C24H25ClN4O5.